The number of nitrogens with zero attached hydrogens (tertiary/aromatic N) is 2. The quantitative estimate of drug-likeness (QED) is 0.513. The first-order valence-corrected chi connectivity index (χ1v) is 11.9. The van der Waals surface area contributed by atoms with Crippen LogP contribution in [-0.2, 0) is 24.3 Å². The van der Waals surface area contributed by atoms with Crippen LogP contribution >= 0.6 is 0 Å². The number of ether oxygens (including phenoxy) is 2. The van der Waals surface area contributed by atoms with E-state index in [2.05, 4.69) is 28.1 Å². The van der Waals surface area contributed by atoms with E-state index in [1.807, 2.05) is 18.2 Å². The molecule has 1 fully saturated rings. The summed E-state index contributed by atoms with van der Waals surface area (Å²) in [6, 6.07) is 12.9. The predicted octanol–water partition coefficient (Wildman–Crippen LogP) is 4.02. The highest BCUT2D eigenvalue weighted by atomic mass is 19.4. The molecule has 0 radical (unpaired) electrons. The van der Waals surface area contributed by atoms with Crippen LogP contribution in [-0.4, -0.2) is 68.3 Å². The smallest absolute Gasteiger partial charge is 0.422 e. The second kappa shape index (κ2) is 12.8. The zero-order valence-electron chi connectivity index (χ0n) is 20.4. The molecule has 0 spiro atoms. The van der Waals surface area contributed by atoms with E-state index in [4.69, 9.17) is 9.47 Å². The second-order valence-corrected chi connectivity index (χ2v) is 8.64. The van der Waals surface area contributed by atoms with Gasteiger partial charge in [-0.05, 0) is 41.8 Å². The first kappa shape index (κ1) is 26.8. The summed E-state index contributed by atoms with van der Waals surface area (Å²) >= 11 is 0. The van der Waals surface area contributed by atoms with E-state index in [0.29, 0.717) is 13.0 Å². The Morgan fingerprint density at radius 2 is 1.69 bits per heavy atom. The summed E-state index contributed by atoms with van der Waals surface area (Å²) in [4.78, 5) is 17.4. The van der Waals surface area contributed by atoms with Crippen LogP contribution in [0.2, 0.25) is 0 Å². The van der Waals surface area contributed by atoms with Gasteiger partial charge in [0.2, 0.25) is 5.91 Å². The van der Waals surface area contributed by atoms with E-state index in [-0.39, 0.29) is 23.8 Å². The molecule has 1 N–H and O–H groups in total. The van der Waals surface area contributed by atoms with E-state index >= 15 is 0 Å². The molecular weight excluding hydrogens is 459 g/mol. The van der Waals surface area contributed by atoms with E-state index in [9.17, 15) is 18.0 Å². The lowest BCUT2D eigenvalue weighted by Gasteiger charge is -2.34. The first-order chi connectivity index (χ1) is 16.8. The predicted molar refractivity (Wildman–Crippen MR) is 129 cm³/mol. The Kier molecular flexibility index (Phi) is 9.80. The molecule has 0 bridgehead atoms. The van der Waals surface area contributed by atoms with Gasteiger partial charge in [-0.25, -0.2) is 0 Å². The average molecular weight is 494 g/mol. The largest absolute Gasteiger partial charge is 0.493 e. The standard InChI is InChI=1S/C26H34F3N3O3/c1-3-31-12-14-32(15-13-31)18-22-7-5-4-6-21(22)17-30-25(33)11-9-20-8-10-23(24(16-20)34-2)35-19-26(27,28)29/h4-8,10,16H,3,9,11-15,17-19H2,1-2H3,(H,30,33). The van der Waals surface area contributed by atoms with Crippen LogP contribution in [0.3, 0.4) is 0 Å². The van der Waals surface area contributed by atoms with Crippen LogP contribution in [0.4, 0.5) is 13.2 Å². The van der Waals surface area contributed by atoms with Gasteiger partial charge in [-0.1, -0.05) is 37.3 Å². The zero-order valence-corrected chi connectivity index (χ0v) is 20.4. The van der Waals surface area contributed by atoms with Gasteiger partial charge in [0.05, 0.1) is 7.11 Å². The Morgan fingerprint density at radius 3 is 2.34 bits per heavy atom. The van der Waals surface area contributed by atoms with E-state index < -0.39 is 12.8 Å². The number of methoxy groups -OCH3 is 1. The topological polar surface area (TPSA) is 54.0 Å². The molecule has 6 nitrogen and oxygen atoms in total. The van der Waals surface area contributed by atoms with Crippen molar-refractivity contribution in [2.45, 2.75) is 39.0 Å². The van der Waals surface area contributed by atoms with Crippen molar-refractivity contribution in [3.8, 4) is 11.5 Å². The number of benzene rings is 2. The van der Waals surface area contributed by atoms with Gasteiger partial charge < -0.3 is 19.7 Å². The van der Waals surface area contributed by atoms with Crippen molar-refractivity contribution in [1.82, 2.24) is 15.1 Å². The fourth-order valence-electron chi connectivity index (χ4n) is 4.08. The molecule has 0 unspecified atom stereocenters. The second-order valence-electron chi connectivity index (χ2n) is 8.64. The number of aryl methyl sites for hydroxylation is 1. The number of amides is 1. The molecule has 1 aliphatic rings. The lowest BCUT2D eigenvalue weighted by molar-refractivity contribution is -0.153. The van der Waals surface area contributed by atoms with Crippen LogP contribution in [0.25, 0.3) is 0 Å². The van der Waals surface area contributed by atoms with Gasteiger partial charge in [-0.2, -0.15) is 13.2 Å². The SMILES string of the molecule is CCN1CCN(Cc2ccccc2CNC(=O)CCc2ccc(OCC(F)(F)F)c(OC)c2)CC1. The number of alkyl halides is 3. The van der Waals surface area contributed by atoms with E-state index in [0.717, 1.165) is 50.4 Å². The van der Waals surface area contributed by atoms with Gasteiger partial charge in [0.1, 0.15) is 0 Å². The van der Waals surface area contributed by atoms with Crippen LogP contribution in [0.15, 0.2) is 42.5 Å². The van der Waals surface area contributed by atoms with Crippen LogP contribution in [0.5, 0.6) is 11.5 Å². The Balaban J connectivity index is 1.48. The number of nitrogens with one attached hydrogen (secondary N) is 1. The van der Waals surface area contributed by atoms with Crippen molar-refractivity contribution in [1.29, 1.82) is 0 Å². The highest BCUT2D eigenvalue weighted by Gasteiger charge is 2.29. The molecular formula is C26H34F3N3O3. The molecule has 2 aromatic carbocycles. The Labute approximate surface area is 205 Å². The lowest BCUT2D eigenvalue weighted by atomic mass is 10.1. The van der Waals surface area contributed by atoms with Crippen molar-refractivity contribution in [3.63, 3.8) is 0 Å². The molecule has 0 aliphatic carbocycles. The number of hydrogen-bond donors (Lipinski definition) is 1. The third kappa shape index (κ3) is 8.74. The molecule has 9 heteroatoms. The van der Waals surface area contributed by atoms with Crippen molar-refractivity contribution >= 4 is 5.91 Å². The minimum Gasteiger partial charge on any atom is -0.493 e. The normalized spacial score (nSPS) is 15.1. The number of halogens is 3. The van der Waals surface area contributed by atoms with Crippen molar-refractivity contribution < 1.29 is 27.4 Å². The third-order valence-corrected chi connectivity index (χ3v) is 6.16. The number of hydrogen-bond acceptors (Lipinski definition) is 5. The minimum absolute atomic E-state index is 0.0192. The fraction of sp³-hybridized carbons (Fsp3) is 0.500. The van der Waals surface area contributed by atoms with Crippen molar-refractivity contribution in [2.75, 3.05) is 46.4 Å². The third-order valence-electron chi connectivity index (χ3n) is 6.16. The summed E-state index contributed by atoms with van der Waals surface area (Å²) in [5.41, 5.74) is 3.10. The summed E-state index contributed by atoms with van der Waals surface area (Å²) in [5, 5.41) is 2.99. The molecule has 1 amide bonds. The Bertz CT molecular complexity index is 960. The molecule has 35 heavy (non-hydrogen) atoms. The minimum atomic E-state index is -4.43. The summed E-state index contributed by atoms with van der Waals surface area (Å²) in [7, 11) is 1.37. The van der Waals surface area contributed by atoms with Gasteiger partial charge in [0.25, 0.3) is 0 Å². The number of carbonyl (C=O) groups is 1. The molecule has 1 heterocycles. The highest BCUT2D eigenvalue weighted by molar-refractivity contribution is 5.76. The Morgan fingerprint density at radius 1 is 1.00 bits per heavy atom. The van der Waals surface area contributed by atoms with Crippen molar-refractivity contribution in [3.05, 3.63) is 59.2 Å². The van der Waals surface area contributed by atoms with Crippen LogP contribution in [0, 0.1) is 0 Å². The maximum atomic E-state index is 12.5. The summed E-state index contributed by atoms with van der Waals surface area (Å²) < 4.78 is 47.2. The van der Waals surface area contributed by atoms with Crippen molar-refractivity contribution in [2.24, 2.45) is 0 Å². The molecule has 3 rings (SSSR count). The monoisotopic (exact) mass is 493 g/mol. The highest BCUT2D eigenvalue weighted by Crippen LogP contribution is 2.30. The number of rotatable bonds is 11. The first-order valence-electron chi connectivity index (χ1n) is 11.9. The van der Waals surface area contributed by atoms with E-state index in [1.165, 1.54) is 18.7 Å². The molecule has 0 aromatic heterocycles. The molecule has 2 aromatic rings. The van der Waals surface area contributed by atoms with Gasteiger partial charge in [-0.15, -0.1) is 0 Å². The van der Waals surface area contributed by atoms with Crippen LogP contribution in [0.1, 0.15) is 30.0 Å². The molecule has 0 saturated carbocycles. The summed E-state index contributed by atoms with van der Waals surface area (Å²) in [6.07, 6.45) is -3.73. The average Bonchev–Trinajstić information content (AvgIpc) is 2.85. The summed E-state index contributed by atoms with van der Waals surface area (Å²) in [5.74, 6) is 0.138. The number of carbonyl (C=O) groups excluding carboxylic acids is 1. The van der Waals surface area contributed by atoms with Gasteiger partial charge in [-0.3, -0.25) is 9.69 Å². The Hall–Kier alpha value is -2.78. The van der Waals surface area contributed by atoms with Gasteiger partial charge in [0, 0.05) is 45.7 Å². The fourth-order valence-corrected chi connectivity index (χ4v) is 4.08. The number of likely N-dealkylation sites (N-methyl/N-ethyl adjacent to an activating group) is 1. The maximum Gasteiger partial charge on any atom is 0.422 e. The van der Waals surface area contributed by atoms with Gasteiger partial charge in [0.15, 0.2) is 18.1 Å². The number of piperazine rings is 1. The lowest BCUT2D eigenvalue weighted by Crippen LogP contribution is -2.45. The van der Waals surface area contributed by atoms with Gasteiger partial charge >= 0.3 is 6.18 Å². The molecule has 0 atom stereocenters. The molecule has 192 valence electrons. The summed E-state index contributed by atoms with van der Waals surface area (Å²) in [6.45, 7) is 7.44. The van der Waals surface area contributed by atoms with Crippen LogP contribution < -0.4 is 14.8 Å². The molecule has 1 aliphatic heterocycles. The molecule has 1 saturated heterocycles. The maximum absolute atomic E-state index is 12.5. The van der Waals surface area contributed by atoms with E-state index in [1.54, 1.807) is 12.1 Å². The zero-order chi connectivity index (χ0) is 25.3.